The van der Waals surface area contributed by atoms with Crippen molar-refractivity contribution in [1.82, 2.24) is 20.1 Å². The van der Waals surface area contributed by atoms with Gasteiger partial charge in [0.15, 0.2) is 5.69 Å². The minimum atomic E-state index is -0.250. The monoisotopic (exact) mass is 372 g/mol. The van der Waals surface area contributed by atoms with Crippen molar-refractivity contribution in [3.8, 4) is 0 Å². The molecule has 7 heteroatoms. The molecule has 1 atom stereocenters. The van der Waals surface area contributed by atoms with E-state index in [9.17, 15) is 9.90 Å². The topological polar surface area (TPSA) is 81.8 Å². The van der Waals surface area contributed by atoms with Crippen molar-refractivity contribution in [3.05, 3.63) is 53.7 Å². The van der Waals surface area contributed by atoms with Crippen LogP contribution >= 0.6 is 0 Å². The van der Waals surface area contributed by atoms with Crippen LogP contribution < -0.4 is 5.32 Å². The number of nitrogens with one attached hydrogen (secondary N) is 1. The summed E-state index contributed by atoms with van der Waals surface area (Å²) in [6.07, 6.45) is 1.95. The van der Waals surface area contributed by atoms with Crippen LogP contribution in [0.25, 0.3) is 0 Å². The number of carbonyl (C=O) groups is 1. The normalized spacial score (nSPS) is 17.0. The SMILES string of the molecule is CCC(O)CN1CCN(Cc2nc(C(=O)NCc3ccccc3)co2)CC1. The highest BCUT2D eigenvalue weighted by atomic mass is 16.3. The molecule has 2 aromatic rings. The van der Waals surface area contributed by atoms with Crippen LogP contribution in [0.4, 0.5) is 0 Å². The van der Waals surface area contributed by atoms with Crippen molar-refractivity contribution in [2.75, 3.05) is 32.7 Å². The fourth-order valence-corrected chi connectivity index (χ4v) is 3.10. The molecule has 1 saturated heterocycles. The molecule has 2 heterocycles. The molecule has 1 aromatic heterocycles. The molecule has 1 aliphatic heterocycles. The highest BCUT2D eigenvalue weighted by Crippen LogP contribution is 2.10. The average Bonchev–Trinajstić information content (AvgIpc) is 3.17. The molecule has 0 aliphatic carbocycles. The van der Waals surface area contributed by atoms with Gasteiger partial charge >= 0.3 is 0 Å². The Morgan fingerprint density at radius 1 is 1.22 bits per heavy atom. The third-order valence-electron chi connectivity index (χ3n) is 4.84. The lowest BCUT2D eigenvalue weighted by atomic mass is 10.2. The van der Waals surface area contributed by atoms with Gasteiger partial charge in [-0.05, 0) is 12.0 Å². The van der Waals surface area contributed by atoms with Crippen LogP contribution in [0.1, 0.15) is 35.3 Å². The Kier molecular flexibility index (Phi) is 6.98. The highest BCUT2D eigenvalue weighted by molar-refractivity contribution is 5.91. The summed E-state index contributed by atoms with van der Waals surface area (Å²) >= 11 is 0. The minimum absolute atomic E-state index is 0.229. The molecule has 0 bridgehead atoms. The van der Waals surface area contributed by atoms with Crippen molar-refractivity contribution in [1.29, 1.82) is 0 Å². The quantitative estimate of drug-likeness (QED) is 0.731. The van der Waals surface area contributed by atoms with Crippen LogP contribution in [-0.4, -0.2) is 64.6 Å². The molecular formula is C20H28N4O3. The number of amides is 1. The van der Waals surface area contributed by atoms with Gasteiger partial charge in [-0.25, -0.2) is 4.98 Å². The van der Waals surface area contributed by atoms with Gasteiger partial charge in [0.25, 0.3) is 5.91 Å². The molecular weight excluding hydrogens is 344 g/mol. The lowest BCUT2D eigenvalue weighted by Gasteiger charge is -2.34. The van der Waals surface area contributed by atoms with Gasteiger partial charge in [-0.1, -0.05) is 37.3 Å². The van der Waals surface area contributed by atoms with Crippen LogP contribution in [0.5, 0.6) is 0 Å². The smallest absolute Gasteiger partial charge is 0.273 e. The van der Waals surface area contributed by atoms with Crippen LogP contribution in [-0.2, 0) is 13.1 Å². The summed E-state index contributed by atoms with van der Waals surface area (Å²) in [6, 6.07) is 9.76. The minimum Gasteiger partial charge on any atom is -0.447 e. The van der Waals surface area contributed by atoms with E-state index in [0.29, 0.717) is 24.7 Å². The van der Waals surface area contributed by atoms with E-state index >= 15 is 0 Å². The van der Waals surface area contributed by atoms with E-state index in [0.717, 1.165) is 44.7 Å². The van der Waals surface area contributed by atoms with Crippen molar-refractivity contribution >= 4 is 5.91 Å². The first-order valence-corrected chi connectivity index (χ1v) is 9.53. The number of benzene rings is 1. The first-order chi connectivity index (χ1) is 13.1. The van der Waals surface area contributed by atoms with Crippen molar-refractivity contribution in [2.24, 2.45) is 0 Å². The number of oxazole rings is 1. The molecule has 1 unspecified atom stereocenters. The maximum Gasteiger partial charge on any atom is 0.273 e. The Morgan fingerprint density at radius 3 is 2.63 bits per heavy atom. The maximum absolute atomic E-state index is 12.2. The Morgan fingerprint density at radius 2 is 1.93 bits per heavy atom. The highest BCUT2D eigenvalue weighted by Gasteiger charge is 2.21. The molecule has 3 rings (SSSR count). The molecule has 0 saturated carbocycles. The van der Waals surface area contributed by atoms with Crippen LogP contribution in [0.3, 0.4) is 0 Å². The fourth-order valence-electron chi connectivity index (χ4n) is 3.10. The molecule has 7 nitrogen and oxygen atoms in total. The van der Waals surface area contributed by atoms with E-state index < -0.39 is 0 Å². The second kappa shape index (κ2) is 9.64. The second-order valence-corrected chi connectivity index (χ2v) is 6.93. The van der Waals surface area contributed by atoms with Crippen LogP contribution in [0.2, 0.25) is 0 Å². The number of hydrogen-bond donors (Lipinski definition) is 2. The molecule has 2 N–H and O–H groups in total. The number of nitrogens with zero attached hydrogens (tertiary/aromatic N) is 3. The zero-order chi connectivity index (χ0) is 19.1. The van der Waals surface area contributed by atoms with E-state index in [1.807, 2.05) is 37.3 Å². The van der Waals surface area contributed by atoms with Gasteiger partial charge in [0, 0.05) is 39.3 Å². The molecule has 1 aromatic carbocycles. The summed E-state index contributed by atoms with van der Waals surface area (Å²) in [5, 5.41) is 12.6. The van der Waals surface area contributed by atoms with Crippen molar-refractivity contribution < 1.29 is 14.3 Å². The lowest BCUT2D eigenvalue weighted by Crippen LogP contribution is -2.48. The van der Waals surface area contributed by atoms with E-state index in [-0.39, 0.29) is 12.0 Å². The summed E-state index contributed by atoms with van der Waals surface area (Å²) in [7, 11) is 0. The number of aromatic nitrogens is 1. The maximum atomic E-state index is 12.2. The Hall–Kier alpha value is -2.22. The molecule has 0 spiro atoms. The standard InChI is InChI=1S/C20H28N4O3/c1-2-17(25)13-23-8-10-24(11-9-23)14-19-22-18(15-27-19)20(26)21-12-16-6-4-3-5-7-16/h3-7,15,17,25H,2,8-14H2,1H3,(H,21,26). The van der Waals surface area contributed by atoms with Gasteiger partial charge in [0.05, 0.1) is 12.6 Å². The van der Waals surface area contributed by atoms with Gasteiger partial charge in [-0.3, -0.25) is 14.6 Å². The third kappa shape index (κ3) is 5.89. The van der Waals surface area contributed by atoms with E-state index in [2.05, 4.69) is 20.1 Å². The second-order valence-electron chi connectivity index (χ2n) is 6.93. The summed E-state index contributed by atoms with van der Waals surface area (Å²) in [5.74, 6) is 0.328. The first-order valence-electron chi connectivity index (χ1n) is 9.53. The molecule has 146 valence electrons. The first kappa shape index (κ1) is 19.5. The Labute approximate surface area is 160 Å². The number of piperazine rings is 1. The summed E-state index contributed by atoms with van der Waals surface area (Å²) in [5.41, 5.74) is 1.35. The zero-order valence-corrected chi connectivity index (χ0v) is 15.8. The summed E-state index contributed by atoms with van der Waals surface area (Å²) in [6.45, 7) is 7.42. The number of aliphatic hydroxyl groups is 1. The number of rotatable bonds is 8. The van der Waals surface area contributed by atoms with E-state index in [4.69, 9.17) is 4.42 Å². The molecule has 27 heavy (non-hydrogen) atoms. The number of hydrogen-bond acceptors (Lipinski definition) is 6. The van der Waals surface area contributed by atoms with Crippen LogP contribution in [0.15, 0.2) is 41.0 Å². The number of carbonyl (C=O) groups excluding carboxylic acids is 1. The predicted octanol–water partition coefficient (Wildman–Crippen LogP) is 1.49. The lowest BCUT2D eigenvalue weighted by molar-refractivity contribution is 0.0658. The number of β-amino-alcohol motifs (C(OH)–C–C–N with tert-alkyl or cyclic N) is 1. The molecule has 1 fully saturated rings. The molecule has 1 amide bonds. The van der Waals surface area contributed by atoms with Gasteiger partial charge in [-0.2, -0.15) is 0 Å². The Balaban J connectivity index is 1.43. The predicted molar refractivity (Wildman–Crippen MR) is 102 cm³/mol. The molecule has 1 aliphatic rings. The van der Waals surface area contributed by atoms with E-state index in [1.54, 1.807) is 0 Å². The van der Waals surface area contributed by atoms with Gasteiger partial charge in [-0.15, -0.1) is 0 Å². The van der Waals surface area contributed by atoms with Crippen molar-refractivity contribution in [3.63, 3.8) is 0 Å². The Bertz CT molecular complexity index is 711. The van der Waals surface area contributed by atoms with Crippen molar-refractivity contribution in [2.45, 2.75) is 32.5 Å². The zero-order valence-electron chi connectivity index (χ0n) is 15.8. The third-order valence-corrected chi connectivity index (χ3v) is 4.84. The molecule has 0 radical (unpaired) electrons. The fraction of sp³-hybridized carbons (Fsp3) is 0.500. The van der Waals surface area contributed by atoms with E-state index in [1.165, 1.54) is 6.26 Å². The number of aliphatic hydroxyl groups excluding tert-OH is 1. The largest absolute Gasteiger partial charge is 0.447 e. The average molecular weight is 372 g/mol. The summed E-state index contributed by atoms with van der Waals surface area (Å²) < 4.78 is 5.48. The van der Waals surface area contributed by atoms with Gasteiger partial charge in [0.1, 0.15) is 6.26 Å². The van der Waals surface area contributed by atoms with Crippen LogP contribution in [0, 0.1) is 0 Å². The van der Waals surface area contributed by atoms with Gasteiger partial charge < -0.3 is 14.8 Å². The summed E-state index contributed by atoms with van der Waals surface area (Å²) in [4.78, 5) is 21.1. The van der Waals surface area contributed by atoms with Gasteiger partial charge in [0.2, 0.25) is 5.89 Å².